The van der Waals surface area contributed by atoms with Crippen molar-refractivity contribution in [2.45, 2.75) is 19.3 Å². The van der Waals surface area contributed by atoms with Crippen LogP contribution in [0.2, 0.25) is 0 Å². The molecule has 0 amide bonds. The van der Waals surface area contributed by atoms with Gasteiger partial charge in [-0.3, -0.25) is 0 Å². The van der Waals surface area contributed by atoms with E-state index in [0.717, 1.165) is 0 Å². The number of hydrogen-bond donors (Lipinski definition) is 0. The molecule has 0 aliphatic carbocycles. The first-order chi connectivity index (χ1) is 7.60. The molecule has 0 atom stereocenters. The fourth-order valence-corrected chi connectivity index (χ4v) is 1.11. The third kappa shape index (κ3) is 4.50. The molecule has 0 saturated heterocycles. The fraction of sp³-hybridized carbons (Fsp3) is 0.273. The van der Waals surface area contributed by atoms with Crippen LogP contribution in [0.25, 0.3) is 0 Å². The van der Waals surface area contributed by atoms with Crippen LogP contribution < -0.4 is 0 Å². The Kier molecular flexibility index (Phi) is 4.80. The van der Waals surface area contributed by atoms with Crippen LogP contribution in [0.15, 0.2) is 31.4 Å². The van der Waals surface area contributed by atoms with E-state index >= 15 is 0 Å². The number of rotatable bonds is 0. The summed E-state index contributed by atoms with van der Waals surface area (Å²) < 4.78 is 73.0. The largest absolute Gasteiger partial charge is 0.416 e. The third-order valence-corrected chi connectivity index (χ3v) is 1.73. The summed E-state index contributed by atoms with van der Waals surface area (Å²) in [5, 5.41) is 0. The quantitative estimate of drug-likeness (QED) is 0.460. The number of alkyl halides is 6. The van der Waals surface area contributed by atoms with Gasteiger partial charge >= 0.3 is 12.4 Å². The summed E-state index contributed by atoms with van der Waals surface area (Å²) in [6, 6.07) is 1.46. The predicted molar refractivity (Wildman–Crippen MR) is 52.4 cm³/mol. The van der Waals surface area contributed by atoms with Gasteiger partial charge in [-0.2, -0.15) is 26.3 Å². The molecule has 0 unspecified atom stereocenters. The van der Waals surface area contributed by atoms with Gasteiger partial charge in [-0.05, 0) is 30.7 Å². The zero-order valence-electron chi connectivity index (χ0n) is 8.91. The second-order valence-corrected chi connectivity index (χ2v) is 3.08. The van der Waals surface area contributed by atoms with Crippen LogP contribution in [0.5, 0.6) is 0 Å². The first-order valence-electron chi connectivity index (χ1n) is 4.37. The maximum absolute atomic E-state index is 12.2. The second-order valence-electron chi connectivity index (χ2n) is 3.08. The molecule has 0 saturated carbocycles. The van der Waals surface area contributed by atoms with Crippen molar-refractivity contribution >= 4 is 0 Å². The van der Waals surface area contributed by atoms with Crippen LogP contribution >= 0.6 is 0 Å². The molecule has 0 bridgehead atoms. The number of aryl methyl sites for hydroxylation is 1. The molecular weight excluding hydrogens is 246 g/mol. The summed E-state index contributed by atoms with van der Waals surface area (Å²) in [4.78, 5) is 0. The molecule has 96 valence electrons. The smallest absolute Gasteiger partial charge is 0.166 e. The lowest BCUT2D eigenvalue weighted by atomic mass is 10.1. The van der Waals surface area contributed by atoms with Gasteiger partial charge in [0.1, 0.15) is 0 Å². The molecule has 0 nitrogen and oxygen atoms in total. The number of benzene rings is 1. The average Bonchev–Trinajstić information content (AvgIpc) is 2.17. The summed E-state index contributed by atoms with van der Waals surface area (Å²) in [7, 11) is 0. The predicted octanol–water partition coefficient (Wildman–Crippen LogP) is 4.83. The monoisotopic (exact) mass is 256 g/mol. The van der Waals surface area contributed by atoms with Gasteiger partial charge in [0, 0.05) is 0 Å². The highest BCUT2D eigenvalue weighted by atomic mass is 19.4. The summed E-state index contributed by atoms with van der Waals surface area (Å²) >= 11 is 0. The highest BCUT2D eigenvalue weighted by Crippen LogP contribution is 2.35. The lowest BCUT2D eigenvalue weighted by Crippen LogP contribution is -2.11. The zero-order valence-corrected chi connectivity index (χ0v) is 8.91. The average molecular weight is 256 g/mol. The minimum Gasteiger partial charge on any atom is -0.166 e. The van der Waals surface area contributed by atoms with Crippen LogP contribution in [0, 0.1) is 6.92 Å². The molecule has 0 fully saturated rings. The van der Waals surface area contributed by atoms with Gasteiger partial charge in [0.05, 0.1) is 11.1 Å². The van der Waals surface area contributed by atoms with Gasteiger partial charge in [0.25, 0.3) is 0 Å². The van der Waals surface area contributed by atoms with E-state index in [4.69, 9.17) is 0 Å². The maximum Gasteiger partial charge on any atom is 0.416 e. The molecule has 0 heterocycles. The van der Waals surface area contributed by atoms with E-state index in [0.29, 0.717) is 12.1 Å². The Morgan fingerprint density at radius 2 is 1.06 bits per heavy atom. The number of halogens is 6. The van der Waals surface area contributed by atoms with Crippen molar-refractivity contribution in [3.63, 3.8) is 0 Å². The van der Waals surface area contributed by atoms with Gasteiger partial charge in [-0.15, -0.1) is 13.2 Å². The van der Waals surface area contributed by atoms with Crippen molar-refractivity contribution in [1.29, 1.82) is 0 Å². The molecule has 0 radical (unpaired) electrons. The molecule has 17 heavy (non-hydrogen) atoms. The Balaban J connectivity index is 0.00000121. The Morgan fingerprint density at radius 3 is 1.29 bits per heavy atom. The Hall–Kier alpha value is -1.46. The summed E-state index contributed by atoms with van der Waals surface area (Å²) in [6.07, 6.45) is -9.52. The van der Waals surface area contributed by atoms with E-state index in [1.807, 2.05) is 0 Å². The van der Waals surface area contributed by atoms with Crippen LogP contribution in [0.3, 0.4) is 0 Å². The summed E-state index contributed by atoms with van der Waals surface area (Å²) in [6.45, 7) is 7.18. The van der Waals surface area contributed by atoms with Crippen LogP contribution in [0.4, 0.5) is 26.3 Å². The van der Waals surface area contributed by atoms with Crippen molar-refractivity contribution in [2.24, 2.45) is 0 Å². The maximum atomic E-state index is 12.2. The van der Waals surface area contributed by atoms with Gasteiger partial charge in [-0.1, -0.05) is 0 Å². The molecule has 1 rings (SSSR count). The standard InChI is InChI=1S/C9H6F6.C2H4/c1-5-2-6(8(10,11)12)4-7(3-5)9(13,14)15;1-2/h2-4H,1H3;1-2H2. The Labute approximate surface area is 94.6 Å². The van der Waals surface area contributed by atoms with Crippen molar-refractivity contribution < 1.29 is 26.3 Å². The summed E-state index contributed by atoms with van der Waals surface area (Å²) in [5.41, 5.74) is -2.64. The highest BCUT2D eigenvalue weighted by molar-refractivity contribution is 5.32. The van der Waals surface area contributed by atoms with E-state index in [-0.39, 0.29) is 11.6 Å². The Morgan fingerprint density at radius 1 is 0.765 bits per heavy atom. The molecule has 0 spiro atoms. The van der Waals surface area contributed by atoms with Crippen molar-refractivity contribution in [1.82, 2.24) is 0 Å². The van der Waals surface area contributed by atoms with Gasteiger partial charge in [0.2, 0.25) is 0 Å². The lowest BCUT2D eigenvalue weighted by molar-refractivity contribution is -0.143. The number of hydrogen-bond acceptors (Lipinski definition) is 0. The molecule has 0 aromatic heterocycles. The van der Waals surface area contributed by atoms with E-state index in [2.05, 4.69) is 13.2 Å². The molecule has 6 heteroatoms. The van der Waals surface area contributed by atoms with Crippen LogP contribution in [-0.2, 0) is 12.4 Å². The minimum absolute atomic E-state index is 0.0721. The first-order valence-corrected chi connectivity index (χ1v) is 4.37. The van der Waals surface area contributed by atoms with E-state index in [1.54, 1.807) is 0 Å². The molecule has 0 aliphatic heterocycles. The molecule has 0 aliphatic rings. The van der Waals surface area contributed by atoms with Crippen LogP contribution in [-0.4, -0.2) is 0 Å². The second kappa shape index (κ2) is 5.25. The first kappa shape index (κ1) is 15.5. The SMILES string of the molecule is C=C.Cc1cc(C(F)(F)F)cc(C(F)(F)F)c1. The van der Waals surface area contributed by atoms with Crippen molar-refractivity contribution in [2.75, 3.05) is 0 Å². The van der Waals surface area contributed by atoms with Crippen molar-refractivity contribution in [3.05, 3.63) is 48.0 Å². The normalized spacial score (nSPS) is 11.7. The van der Waals surface area contributed by atoms with E-state index in [9.17, 15) is 26.3 Å². The van der Waals surface area contributed by atoms with E-state index < -0.39 is 23.5 Å². The van der Waals surface area contributed by atoms with Gasteiger partial charge in [-0.25, -0.2) is 0 Å². The zero-order chi connectivity index (χ0) is 13.9. The minimum atomic E-state index is -4.76. The third-order valence-electron chi connectivity index (χ3n) is 1.73. The van der Waals surface area contributed by atoms with E-state index in [1.165, 1.54) is 6.92 Å². The summed E-state index contributed by atoms with van der Waals surface area (Å²) in [5.74, 6) is 0. The lowest BCUT2D eigenvalue weighted by Gasteiger charge is -2.12. The van der Waals surface area contributed by atoms with Crippen LogP contribution in [0.1, 0.15) is 16.7 Å². The molecule has 1 aromatic carbocycles. The highest BCUT2D eigenvalue weighted by Gasteiger charge is 2.36. The fourth-order valence-electron chi connectivity index (χ4n) is 1.11. The van der Waals surface area contributed by atoms with Crippen molar-refractivity contribution in [3.8, 4) is 0 Å². The van der Waals surface area contributed by atoms with Gasteiger partial charge < -0.3 is 0 Å². The Bertz CT molecular complexity index is 342. The van der Waals surface area contributed by atoms with Gasteiger partial charge in [0.15, 0.2) is 0 Å². The topological polar surface area (TPSA) is 0 Å². The molecular formula is C11H10F6. The molecule has 0 N–H and O–H groups in total. The molecule has 1 aromatic rings.